The van der Waals surface area contributed by atoms with Crippen molar-refractivity contribution in [1.82, 2.24) is 20.5 Å². The van der Waals surface area contributed by atoms with Crippen LogP contribution < -0.4 is 5.48 Å². The van der Waals surface area contributed by atoms with Crippen molar-refractivity contribution in [2.45, 2.75) is 36.2 Å². The number of benzene rings is 2. The number of amides is 1. The molecule has 1 fully saturated rings. The highest BCUT2D eigenvalue weighted by Gasteiger charge is 2.16. The Balaban J connectivity index is 1.36. The number of hydrogen-bond donors (Lipinski definition) is 1. The van der Waals surface area contributed by atoms with E-state index in [0.29, 0.717) is 29.2 Å². The van der Waals surface area contributed by atoms with Gasteiger partial charge in [0.1, 0.15) is 6.29 Å². The average molecular weight is 439 g/mol. The summed E-state index contributed by atoms with van der Waals surface area (Å²) >= 11 is 1.57. The second kappa shape index (κ2) is 10.3. The van der Waals surface area contributed by atoms with Gasteiger partial charge in [-0.15, -0.1) is 16.9 Å². The number of aromatic nitrogens is 3. The van der Waals surface area contributed by atoms with Gasteiger partial charge in [0, 0.05) is 34.8 Å². The Morgan fingerprint density at radius 3 is 3.00 bits per heavy atom. The van der Waals surface area contributed by atoms with Crippen LogP contribution in [0.25, 0.3) is 5.69 Å². The molecule has 1 N–H and O–H groups in total. The van der Waals surface area contributed by atoms with Crippen LogP contribution in [0.15, 0.2) is 59.6 Å². The second-order valence-corrected chi connectivity index (χ2v) is 8.08. The first-order chi connectivity index (χ1) is 15.2. The van der Waals surface area contributed by atoms with E-state index in [2.05, 4.69) is 15.8 Å². The molecular weight excluding hydrogens is 416 g/mol. The highest BCUT2D eigenvalue weighted by atomic mass is 32.2. The van der Waals surface area contributed by atoms with Crippen LogP contribution in [-0.2, 0) is 15.3 Å². The summed E-state index contributed by atoms with van der Waals surface area (Å²) in [5, 5.41) is 8.37. The van der Waals surface area contributed by atoms with Gasteiger partial charge in [0.05, 0.1) is 17.6 Å². The first-order valence-corrected chi connectivity index (χ1v) is 11.0. The Kier molecular flexibility index (Phi) is 7.08. The Hall–Kier alpha value is -3.01. The Morgan fingerprint density at radius 1 is 1.26 bits per heavy atom. The minimum Gasteiger partial charge on any atom is -0.350 e. The molecule has 1 aliphatic heterocycles. The number of hydrogen-bond acceptors (Lipinski definition) is 7. The first kappa shape index (κ1) is 21.2. The fourth-order valence-corrected chi connectivity index (χ4v) is 3.94. The zero-order valence-corrected chi connectivity index (χ0v) is 17.6. The van der Waals surface area contributed by atoms with Crippen LogP contribution in [0, 0.1) is 0 Å². The maximum Gasteiger partial charge on any atom is 0.275 e. The lowest BCUT2D eigenvalue weighted by Gasteiger charge is -2.22. The number of carbonyl (C=O) groups excluding carboxylic acids is 2. The van der Waals surface area contributed by atoms with Crippen LogP contribution in [0.5, 0.6) is 0 Å². The summed E-state index contributed by atoms with van der Waals surface area (Å²) in [6.07, 6.45) is 5.05. The third kappa shape index (κ3) is 5.78. The zero-order valence-electron chi connectivity index (χ0n) is 16.8. The molecule has 2 heterocycles. The number of nitrogens with zero attached hydrogens (tertiary/aromatic N) is 3. The molecule has 1 aliphatic rings. The van der Waals surface area contributed by atoms with E-state index in [0.717, 1.165) is 36.1 Å². The molecule has 1 saturated heterocycles. The molecule has 0 saturated carbocycles. The van der Waals surface area contributed by atoms with Crippen LogP contribution in [0.4, 0.5) is 0 Å². The molecule has 4 rings (SSSR count). The summed E-state index contributed by atoms with van der Waals surface area (Å²) in [6, 6.07) is 14.5. The van der Waals surface area contributed by atoms with Gasteiger partial charge in [0.25, 0.3) is 5.91 Å². The molecule has 1 unspecified atom stereocenters. The molecule has 9 heteroatoms. The predicted octanol–water partition coefficient (Wildman–Crippen LogP) is 3.56. The van der Waals surface area contributed by atoms with Crippen LogP contribution in [0.2, 0.25) is 0 Å². The van der Waals surface area contributed by atoms with Gasteiger partial charge in [-0.05, 0) is 43.2 Å². The van der Waals surface area contributed by atoms with E-state index in [1.807, 2.05) is 30.5 Å². The molecular formula is C22H22N4O4S. The van der Waals surface area contributed by atoms with Gasteiger partial charge in [-0.3, -0.25) is 9.59 Å². The third-order valence-corrected chi connectivity index (χ3v) is 5.74. The van der Waals surface area contributed by atoms with E-state index < -0.39 is 6.29 Å². The van der Waals surface area contributed by atoms with Crippen molar-refractivity contribution in [3.63, 3.8) is 0 Å². The standard InChI is InChI=1S/C22H22N4O4S/c27-14-16-5-3-8-20(11-16)31-15-18-13-26(25-23-18)19-7-4-6-17(12-19)22(28)24-30-21-9-1-2-10-29-21/h3-8,11-14,21H,1-2,9-10,15H2,(H,24,28). The van der Waals surface area contributed by atoms with E-state index >= 15 is 0 Å². The van der Waals surface area contributed by atoms with Gasteiger partial charge in [-0.25, -0.2) is 15.0 Å². The molecule has 0 radical (unpaired) electrons. The summed E-state index contributed by atoms with van der Waals surface area (Å²) in [5.41, 5.74) is 5.06. The van der Waals surface area contributed by atoms with E-state index in [-0.39, 0.29) is 5.91 Å². The molecule has 3 aromatic rings. The minimum absolute atomic E-state index is 0.345. The largest absolute Gasteiger partial charge is 0.350 e. The van der Waals surface area contributed by atoms with Crippen LogP contribution >= 0.6 is 11.8 Å². The quantitative estimate of drug-likeness (QED) is 0.326. The lowest BCUT2D eigenvalue weighted by Crippen LogP contribution is -2.33. The van der Waals surface area contributed by atoms with Gasteiger partial charge in [-0.1, -0.05) is 23.4 Å². The molecule has 1 atom stereocenters. The van der Waals surface area contributed by atoms with Crippen molar-refractivity contribution in [2.75, 3.05) is 6.61 Å². The predicted molar refractivity (Wildman–Crippen MR) is 115 cm³/mol. The maximum absolute atomic E-state index is 12.4. The van der Waals surface area contributed by atoms with Crippen LogP contribution in [-0.4, -0.2) is 40.1 Å². The number of thioether (sulfide) groups is 1. The fraction of sp³-hybridized carbons (Fsp3) is 0.273. The zero-order chi connectivity index (χ0) is 21.5. The molecule has 0 bridgehead atoms. The molecule has 1 aromatic heterocycles. The Morgan fingerprint density at radius 2 is 2.16 bits per heavy atom. The van der Waals surface area contributed by atoms with Gasteiger partial charge < -0.3 is 4.74 Å². The molecule has 1 amide bonds. The monoisotopic (exact) mass is 438 g/mol. The summed E-state index contributed by atoms with van der Waals surface area (Å²) in [6.45, 7) is 0.644. The number of rotatable bonds is 8. The van der Waals surface area contributed by atoms with Gasteiger partial charge in [0.15, 0.2) is 6.29 Å². The highest BCUT2D eigenvalue weighted by molar-refractivity contribution is 7.98. The molecule has 0 spiro atoms. The average Bonchev–Trinajstić information content (AvgIpc) is 3.31. The lowest BCUT2D eigenvalue weighted by atomic mass is 10.2. The normalized spacial score (nSPS) is 16.1. The smallest absolute Gasteiger partial charge is 0.275 e. The minimum atomic E-state index is -0.400. The van der Waals surface area contributed by atoms with Crippen molar-refractivity contribution < 1.29 is 19.2 Å². The van der Waals surface area contributed by atoms with Gasteiger partial charge in [-0.2, -0.15) is 0 Å². The van der Waals surface area contributed by atoms with E-state index in [1.54, 1.807) is 40.7 Å². The SMILES string of the molecule is O=Cc1cccc(SCc2cn(-c3cccc(C(=O)NOC4CCCCO4)c3)nn2)c1. The van der Waals surface area contributed by atoms with Crippen molar-refractivity contribution >= 4 is 24.0 Å². The second-order valence-electron chi connectivity index (χ2n) is 7.03. The van der Waals surface area contributed by atoms with Crippen molar-refractivity contribution in [3.8, 4) is 5.69 Å². The van der Waals surface area contributed by atoms with Crippen LogP contribution in [0.3, 0.4) is 0 Å². The summed E-state index contributed by atoms with van der Waals surface area (Å²) < 4.78 is 7.07. The third-order valence-electron chi connectivity index (χ3n) is 4.72. The maximum atomic E-state index is 12.4. The van der Waals surface area contributed by atoms with Crippen molar-refractivity contribution in [1.29, 1.82) is 0 Å². The topological polar surface area (TPSA) is 95.3 Å². The van der Waals surface area contributed by atoms with Crippen molar-refractivity contribution in [2.24, 2.45) is 0 Å². The summed E-state index contributed by atoms with van der Waals surface area (Å²) in [7, 11) is 0. The van der Waals surface area contributed by atoms with Gasteiger partial charge in [0.2, 0.25) is 0 Å². The molecule has 8 nitrogen and oxygen atoms in total. The highest BCUT2D eigenvalue weighted by Crippen LogP contribution is 2.23. The molecule has 31 heavy (non-hydrogen) atoms. The number of aldehydes is 1. The lowest BCUT2D eigenvalue weighted by molar-refractivity contribution is -0.186. The van der Waals surface area contributed by atoms with E-state index in [9.17, 15) is 9.59 Å². The van der Waals surface area contributed by atoms with E-state index in [1.165, 1.54) is 0 Å². The molecule has 0 aliphatic carbocycles. The molecule has 160 valence electrons. The number of ether oxygens (including phenoxy) is 1. The van der Waals surface area contributed by atoms with Gasteiger partial charge >= 0.3 is 0 Å². The number of hydroxylamine groups is 1. The summed E-state index contributed by atoms with van der Waals surface area (Å²) in [4.78, 5) is 29.7. The Labute approximate surface area is 183 Å². The number of carbonyl (C=O) groups is 2. The van der Waals surface area contributed by atoms with E-state index in [4.69, 9.17) is 9.57 Å². The summed E-state index contributed by atoms with van der Waals surface area (Å²) in [5.74, 6) is 0.263. The van der Waals surface area contributed by atoms with Crippen LogP contribution in [0.1, 0.15) is 45.7 Å². The fourth-order valence-electron chi connectivity index (χ4n) is 3.10. The Bertz CT molecular complexity index is 1050. The molecule has 2 aromatic carbocycles. The number of nitrogens with one attached hydrogen (secondary N) is 1. The van der Waals surface area contributed by atoms with Crippen molar-refractivity contribution in [3.05, 3.63) is 71.5 Å². The first-order valence-electron chi connectivity index (χ1n) is 9.98.